The van der Waals surface area contributed by atoms with E-state index in [4.69, 9.17) is 0 Å². The maximum absolute atomic E-state index is 13.1. The van der Waals surface area contributed by atoms with Crippen LogP contribution in [0.15, 0.2) is 18.2 Å². The summed E-state index contributed by atoms with van der Waals surface area (Å²) in [5, 5.41) is 2.65. The Morgan fingerprint density at radius 2 is 1.76 bits per heavy atom. The third kappa shape index (κ3) is 3.20. The molecule has 0 aromatic heterocycles. The van der Waals surface area contributed by atoms with Crippen molar-refractivity contribution in [1.29, 1.82) is 0 Å². The van der Waals surface area contributed by atoms with Crippen LogP contribution in [-0.4, -0.2) is 34.8 Å². The highest BCUT2D eigenvalue weighted by atomic mass is 19.1. The standard InChI is InChI=1S/C15H18F2N2O2/c1-9-13(20)18-15(2,3)14(21)19(9)5-4-10-6-11(16)8-12(17)7-10/h6-9H,4-5H2,1-3H3,(H,18,20). The van der Waals surface area contributed by atoms with E-state index < -0.39 is 23.2 Å². The third-order valence-corrected chi connectivity index (χ3v) is 3.64. The van der Waals surface area contributed by atoms with E-state index in [1.54, 1.807) is 20.8 Å². The van der Waals surface area contributed by atoms with Gasteiger partial charge in [0.05, 0.1) is 0 Å². The number of nitrogens with one attached hydrogen (secondary N) is 1. The molecule has 21 heavy (non-hydrogen) atoms. The Balaban J connectivity index is 2.13. The van der Waals surface area contributed by atoms with Gasteiger partial charge in [-0.2, -0.15) is 0 Å². The Kier molecular flexibility index (Phi) is 3.98. The van der Waals surface area contributed by atoms with Crippen molar-refractivity contribution >= 4 is 11.8 Å². The van der Waals surface area contributed by atoms with Crippen LogP contribution < -0.4 is 5.32 Å². The number of amides is 2. The second-order valence-corrected chi connectivity index (χ2v) is 5.82. The van der Waals surface area contributed by atoms with Crippen LogP contribution in [-0.2, 0) is 16.0 Å². The van der Waals surface area contributed by atoms with Gasteiger partial charge < -0.3 is 10.2 Å². The molecule has 6 heteroatoms. The number of carbonyl (C=O) groups is 2. The maximum Gasteiger partial charge on any atom is 0.248 e. The molecule has 1 aliphatic rings. The summed E-state index contributed by atoms with van der Waals surface area (Å²) in [6.07, 6.45) is 0.286. The largest absolute Gasteiger partial charge is 0.340 e. The molecular weight excluding hydrogens is 278 g/mol. The van der Waals surface area contributed by atoms with Gasteiger partial charge in [0, 0.05) is 12.6 Å². The molecule has 0 aliphatic carbocycles. The molecule has 0 radical (unpaired) electrons. The van der Waals surface area contributed by atoms with Gasteiger partial charge in [0.25, 0.3) is 0 Å². The summed E-state index contributed by atoms with van der Waals surface area (Å²) >= 11 is 0. The summed E-state index contributed by atoms with van der Waals surface area (Å²) in [6, 6.07) is 2.67. The van der Waals surface area contributed by atoms with Crippen molar-refractivity contribution in [3.05, 3.63) is 35.4 Å². The van der Waals surface area contributed by atoms with Crippen molar-refractivity contribution in [2.75, 3.05) is 6.54 Å². The second kappa shape index (κ2) is 5.42. The Morgan fingerprint density at radius 3 is 2.33 bits per heavy atom. The van der Waals surface area contributed by atoms with Gasteiger partial charge in [0.1, 0.15) is 23.2 Å². The first kappa shape index (κ1) is 15.4. The minimum absolute atomic E-state index is 0.202. The van der Waals surface area contributed by atoms with Gasteiger partial charge in [-0.15, -0.1) is 0 Å². The Labute approximate surface area is 122 Å². The zero-order chi connectivity index (χ0) is 15.8. The Hall–Kier alpha value is -1.98. The zero-order valence-corrected chi connectivity index (χ0v) is 12.2. The topological polar surface area (TPSA) is 49.4 Å². The summed E-state index contributed by atoms with van der Waals surface area (Å²) in [6.45, 7) is 5.14. The lowest BCUT2D eigenvalue weighted by Crippen LogP contribution is -2.67. The number of nitrogens with zero attached hydrogens (tertiary/aromatic N) is 1. The first-order chi connectivity index (χ1) is 9.70. The third-order valence-electron chi connectivity index (χ3n) is 3.64. The van der Waals surface area contributed by atoms with E-state index in [0.29, 0.717) is 5.56 Å². The minimum atomic E-state index is -0.962. The van der Waals surface area contributed by atoms with Crippen LogP contribution in [0.25, 0.3) is 0 Å². The number of carbonyl (C=O) groups excluding carboxylic acids is 2. The fourth-order valence-corrected chi connectivity index (χ4v) is 2.44. The molecule has 1 unspecified atom stereocenters. The number of hydrogen-bond donors (Lipinski definition) is 1. The molecule has 2 rings (SSSR count). The van der Waals surface area contributed by atoms with Crippen molar-refractivity contribution in [2.24, 2.45) is 0 Å². The number of halogens is 2. The van der Waals surface area contributed by atoms with Gasteiger partial charge in [0.15, 0.2) is 0 Å². The molecule has 1 saturated heterocycles. The minimum Gasteiger partial charge on any atom is -0.340 e. The van der Waals surface area contributed by atoms with Gasteiger partial charge in [-0.3, -0.25) is 9.59 Å². The lowest BCUT2D eigenvalue weighted by atomic mass is 9.97. The average Bonchev–Trinajstić information content (AvgIpc) is 2.35. The highest BCUT2D eigenvalue weighted by molar-refractivity contribution is 5.99. The highest BCUT2D eigenvalue weighted by Crippen LogP contribution is 2.19. The quantitative estimate of drug-likeness (QED) is 0.921. The van der Waals surface area contributed by atoms with Crippen LogP contribution in [0.4, 0.5) is 8.78 Å². The lowest BCUT2D eigenvalue weighted by Gasteiger charge is -2.41. The average molecular weight is 296 g/mol. The van der Waals surface area contributed by atoms with E-state index >= 15 is 0 Å². The van der Waals surface area contributed by atoms with Crippen molar-refractivity contribution in [2.45, 2.75) is 38.8 Å². The highest BCUT2D eigenvalue weighted by Gasteiger charge is 2.42. The van der Waals surface area contributed by atoms with Crippen LogP contribution >= 0.6 is 0 Å². The van der Waals surface area contributed by atoms with Gasteiger partial charge in [-0.25, -0.2) is 8.78 Å². The molecule has 0 bridgehead atoms. The van der Waals surface area contributed by atoms with Gasteiger partial charge in [-0.1, -0.05) is 0 Å². The molecular formula is C15H18F2N2O2. The Bertz CT molecular complexity index is 567. The van der Waals surface area contributed by atoms with Crippen molar-refractivity contribution in [1.82, 2.24) is 10.2 Å². The summed E-state index contributed by atoms with van der Waals surface area (Å²) in [4.78, 5) is 25.6. The van der Waals surface area contributed by atoms with Crippen molar-refractivity contribution in [3.63, 3.8) is 0 Å². The summed E-state index contributed by atoms with van der Waals surface area (Å²) in [5.74, 6) is -1.74. The molecule has 1 heterocycles. The Morgan fingerprint density at radius 1 is 1.19 bits per heavy atom. The molecule has 4 nitrogen and oxygen atoms in total. The smallest absolute Gasteiger partial charge is 0.248 e. The monoisotopic (exact) mass is 296 g/mol. The van der Waals surface area contributed by atoms with E-state index in [2.05, 4.69) is 5.32 Å². The summed E-state index contributed by atoms with van der Waals surface area (Å²) in [7, 11) is 0. The van der Waals surface area contributed by atoms with E-state index in [-0.39, 0.29) is 24.8 Å². The molecule has 1 aromatic rings. The molecule has 0 spiro atoms. The fourth-order valence-electron chi connectivity index (χ4n) is 2.44. The van der Waals surface area contributed by atoms with E-state index in [9.17, 15) is 18.4 Å². The van der Waals surface area contributed by atoms with E-state index in [0.717, 1.165) is 6.07 Å². The fraction of sp³-hybridized carbons (Fsp3) is 0.467. The van der Waals surface area contributed by atoms with E-state index in [1.807, 2.05) is 0 Å². The number of hydrogen-bond acceptors (Lipinski definition) is 2. The van der Waals surface area contributed by atoms with Crippen molar-refractivity contribution in [3.8, 4) is 0 Å². The van der Waals surface area contributed by atoms with Crippen LogP contribution in [0.2, 0.25) is 0 Å². The molecule has 1 N–H and O–H groups in total. The number of rotatable bonds is 3. The van der Waals surface area contributed by atoms with Gasteiger partial charge in [-0.05, 0) is 44.9 Å². The predicted molar refractivity (Wildman–Crippen MR) is 73.5 cm³/mol. The molecule has 1 aliphatic heterocycles. The zero-order valence-electron chi connectivity index (χ0n) is 12.2. The molecule has 1 atom stereocenters. The molecule has 0 saturated carbocycles. The first-order valence-corrected chi connectivity index (χ1v) is 6.79. The second-order valence-electron chi connectivity index (χ2n) is 5.82. The SMILES string of the molecule is CC1C(=O)NC(C)(C)C(=O)N1CCc1cc(F)cc(F)c1. The van der Waals surface area contributed by atoms with Crippen LogP contribution in [0.5, 0.6) is 0 Å². The van der Waals surface area contributed by atoms with E-state index in [1.165, 1.54) is 17.0 Å². The van der Waals surface area contributed by atoms with Gasteiger partial charge in [0.2, 0.25) is 11.8 Å². The number of benzene rings is 1. The first-order valence-electron chi connectivity index (χ1n) is 6.79. The van der Waals surface area contributed by atoms with Crippen LogP contribution in [0.3, 0.4) is 0 Å². The molecule has 1 aromatic carbocycles. The lowest BCUT2D eigenvalue weighted by molar-refractivity contribution is -0.152. The summed E-state index contributed by atoms with van der Waals surface area (Å²) < 4.78 is 26.3. The predicted octanol–water partition coefficient (Wildman–Crippen LogP) is 1.63. The normalized spacial score (nSPS) is 21.4. The molecule has 1 fully saturated rings. The maximum atomic E-state index is 13.1. The van der Waals surface area contributed by atoms with Crippen LogP contribution in [0, 0.1) is 11.6 Å². The van der Waals surface area contributed by atoms with Crippen LogP contribution in [0.1, 0.15) is 26.3 Å². The molecule has 114 valence electrons. The van der Waals surface area contributed by atoms with Crippen molar-refractivity contribution < 1.29 is 18.4 Å². The molecule has 2 amide bonds. The van der Waals surface area contributed by atoms with Gasteiger partial charge >= 0.3 is 0 Å². The summed E-state index contributed by atoms with van der Waals surface area (Å²) in [5.41, 5.74) is -0.507. The number of piperazine rings is 1.